The highest BCUT2D eigenvalue weighted by molar-refractivity contribution is 6.31. The second-order valence-corrected chi connectivity index (χ2v) is 4.97. The summed E-state index contributed by atoms with van der Waals surface area (Å²) in [7, 11) is 2.00. The molecule has 3 rings (SSSR count). The molecule has 1 heterocycles. The lowest BCUT2D eigenvalue weighted by atomic mass is 10.1. The molecular weight excluding hydrogens is 258 g/mol. The first-order chi connectivity index (χ1) is 9.19. The van der Waals surface area contributed by atoms with Crippen molar-refractivity contribution in [1.29, 1.82) is 0 Å². The minimum atomic E-state index is 0.531. The number of imidazole rings is 1. The Kier molecular flexibility index (Phi) is 3.01. The summed E-state index contributed by atoms with van der Waals surface area (Å²) in [5.74, 6) is 0.924. The summed E-state index contributed by atoms with van der Waals surface area (Å²) in [6.45, 7) is 0.531. The number of fused-ring (bicyclic) bond motifs is 1. The van der Waals surface area contributed by atoms with Gasteiger partial charge in [-0.1, -0.05) is 29.8 Å². The Morgan fingerprint density at radius 3 is 2.84 bits per heavy atom. The van der Waals surface area contributed by atoms with Crippen molar-refractivity contribution in [1.82, 2.24) is 9.55 Å². The largest absolute Gasteiger partial charge is 0.327 e. The lowest BCUT2D eigenvalue weighted by Gasteiger charge is -2.04. The number of benzene rings is 2. The van der Waals surface area contributed by atoms with E-state index in [0.29, 0.717) is 6.54 Å². The Hall–Kier alpha value is -1.84. The molecule has 3 aromatic rings. The Labute approximate surface area is 116 Å². The smallest absolute Gasteiger partial charge is 0.140 e. The van der Waals surface area contributed by atoms with Gasteiger partial charge in [-0.15, -0.1) is 0 Å². The predicted octanol–water partition coefficient (Wildman–Crippen LogP) is 3.35. The van der Waals surface area contributed by atoms with Gasteiger partial charge in [0.2, 0.25) is 0 Å². The molecular formula is C15H14ClN3. The van der Waals surface area contributed by atoms with Crippen molar-refractivity contribution in [2.45, 2.75) is 6.54 Å². The van der Waals surface area contributed by atoms with Gasteiger partial charge in [0.05, 0.1) is 11.0 Å². The van der Waals surface area contributed by atoms with Gasteiger partial charge in [0.1, 0.15) is 5.82 Å². The van der Waals surface area contributed by atoms with E-state index in [-0.39, 0.29) is 0 Å². The number of halogens is 1. The summed E-state index contributed by atoms with van der Waals surface area (Å²) >= 11 is 6.04. The van der Waals surface area contributed by atoms with Gasteiger partial charge in [-0.2, -0.15) is 0 Å². The minimum Gasteiger partial charge on any atom is -0.327 e. The van der Waals surface area contributed by atoms with Crippen LogP contribution in [-0.2, 0) is 13.6 Å². The molecule has 0 aliphatic heterocycles. The number of rotatable bonds is 2. The molecule has 0 amide bonds. The third-order valence-corrected chi connectivity index (χ3v) is 3.50. The van der Waals surface area contributed by atoms with E-state index in [0.717, 1.165) is 33.0 Å². The van der Waals surface area contributed by atoms with E-state index in [1.54, 1.807) is 0 Å². The fourth-order valence-electron chi connectivity index (χ4n) is 2.26. The molecule has 19 heavy (non-hydrogen) atoms. The van der Waals surface area contributed by atoms with Crippen molar-refractivity contribution in [2.75, 3.05) is 0 Å². The summed E-state index contributed by atoms with van der Waals surface area (Å²) < 4.78 is 2.05. The normalized spacial score (nSPS) is 11.1. The average molecular weight is 272 g/mol. The number of nitrogens with zero attached hydrogens (tertiary/aromatic N) is 2. The van der Waals surface area contributed by atoms with Crippen LogP contribution in [0.25, 0.3) is 22.4 Å². The van der Waals surface area contributed by atoms with E-state index >= 15 is 0 Å². The summed E-state index contributed by atoms with van der Waals surface area (Å²) in [6, 6.07) is 13.9. The molecule has 2 aromatic carbocycles. The SMILES string of the molecule is Cn1c(-c2cccc(CN)c2)nc2ccc(Cl)cc21. The van der Waals surface area contributed by atoms with E-state index in [2.05, 4.69) is 15.6 Å². The first kappa shape index (κ1) is 12.2. The highest BCUT2D eigenvalue weighted by atomic mass is 35.5. The number of aromatic nitrogens is 2. The van der Waals surface area contributed by atoms with Gasteiger partial charge in [-0.3, -0.25) is 0 Å². The first-order valence-corrected chi connectivity index (χ1v) is 6.48. The van der Waals surface area contributed by atoms with Gasteiger partial charge in [-0.05, 0) is 29.8 Å². The van der Waals surface area contributed by atoms with E-state index < -0.39 is 0 Å². The molecule has 2 N–H and O–H groups in total. The lowest BCUT2D eigenvalue weighted by Crippen LogP contribution is -1.97. The Balaban J connectivity index is 2.21. The van der Waals surface area contributed by atoms with Gasteiger partial charge >= 0.3 is 0 Å². The summed E-state index contributed by atoms with van der Waals surface area (Å²) in [4.78, 5) is 4.66. The molecule has 0 aliphatic rings. The molecule has 0 unspecified atom stereocenters. The molecule has 0 spiro atoms. The van der Waals surface area contributed by atoms with E-state index in [9.17, 15) is 0 Å². The van der Waals surface area contributed by atoms with Gasteiger partial charge in [0.25, 0.3) is 0 Å². The maximum Gasteiger partial charge on any atom is 0.140 e. The van der Waals surface area contributed by atoms with Gasteiger partial charge in [0, 0.05) is 24.2 Å². The van der Waals surface area contributed by atoms with Crippen LogP contribution in [-0.4, -0.2) is 9.55 Å². The molecule has 1 aromatic heterocycles. The van der Waals surface area contributed by atoms with E-state index in [4.69, 9.17) is 17.3 Å². The number of hydrogen-bond donors (Lipinski definition) is 1. The van der Waals surface area contributed by atoms with Crippen molar-refractivity contribution < 1.29 is 0 Å². The molecule has 0 saturated heterocycles. The number of nitrogens with two attached hydrogens (primary N) is 1. The summed E-state index contributed by atoms with van der Waals surface area (Å²) in [5, 5.41) is 0.720. The predicted molar refractivity (Wildman–Crippen MR) is 79.1 cm³/mol. The van der Waals surface area contributed by atoms with Gasteiger partial charge in [-0.25, -0.2) is 4.98 Å². The van der Waals surface area contributed by atoms with Crippen LogP contribution in [0.5, 0.6) is 0 Å². The molecule has 0 aliphatic carbocycles. The molecule has 0 atom stereocenters. The minimum absolute atomic E-state index is 0.531. The van der Waals surface area contributed by atoms with Crippen molar-refractivity contribution in [3.63, 3.8) is 0 Å². The molecule has 0 fully saturated rings. The van der Waals surface area contributed by atoms with Crippen LogP contribution in [0.3, 0.4) is 0 Å². The van der Waals surface area contributed by atoms with Crippen LogP contribution in [0.1, 0.15) is 5.56 Å². The monoisotopic (exact) mass is 271 g/mol. The fourth-order valence-corrected chi connectivity index (χ4v) is 2.42. The number of hydrogen-bond acceptors (Lipinski definition) is 2. The maximum atomic E-state index is 6.04. The Morgan fingerprint density at radius 2 is 2.05 bits per heavy atom. The Bertz CT molecular complexity index is 746. The second kappa shape index (κ2) is 4.68. The fraction of sp³-hybridized carbons (Fsp3) is 0.133. The van der Waals surface area contributed by atoms with Crippen LogP contribution in [0, 0.1) is 0 Å². The first-order valence-electron chi connectivity index (χ1n) is 6.10. The van der Waals surface area contributed by atoms with E-state index in [1.807, 2.05) is 43.4 Å². The lowest BCUT2D eigenvalue weighted by molar-refractivity contribution is 0.957. The Morgan fingerprint density at radius 1 is 1.21 bits per heavy atom. The summed E-state index contributed by atoms with van der Waals surface area (Å²) in [5.41, 5.74) is 9.83. The zero-order valence-electron chi connectivity index (χ0n) is 10.6. The molecule has 0 radical (unpaired) electrons. The van der Waals surface area contributed by atoms with Crippen molar-refractivity contribution in [3.05, 3.63) is 53.1 Å². The van der Waals surface area contributed by atoms with E-state index in [1.165, 1.54) is 0 Å². The molecule has 0 saturated carbocycles. The molecule has 0 bridgehead atoms. The maximum absolute atomic E-state index is 6.04. The van der Waals surface area contributed by atoms with Crippen molar-refractivity contribution in [3.8, 4) is 11.4 Å². The van der Waals surface area contributed by atoms with Crippen LogP contribution in [0.4, 0.5) is 0 Å². The quantitative estimate of drug-likeness (QED) is 0.777. The molecule has 3 nitrogen and oxygen atoms in total. The average Bonchev–Trinajstić information content (AvgIpc) is 2.76. The second-order valence-electron chi connectivity index (χ2n) is 4.53. The van der Waals surface area contributed by atoms with Crippen molar-refractivity contribution in [2.24, 2.45) is 12.8 Å². The zero-order valence-corrected chi connectivity index (χ0v) is 11.4. The third kappa shape index (κ3) is 2.11. The van der Waals surface area contributed by atoms with Crippen LogP contribution < -0.4 is 5.73 Å². The standard InChI is InChI=1S/C15H14ClN3/c1-19-14-8-12(16)5-6-13(14)18-15(19)11-4-2-3-10(7-11)9-17/h2-8H,9,17H2,1H3. The molecule has 4 heteroatoms. The van der Waals surface area contributed by atoms with Gasteiger partial charge < -0.3 is 10.3 Å². The van der Waals surface area contributed by atoms with Crippen LogP contribution in [0.15, 0.2) is 42.5 Å². The van der Waals surface area contributed by atoms with Crippen LogP contribution in [0.2, 0.25) is 5.02 Å². The third-order valence-electron chi connectivity index (χ3n) is 3.26. The highest BCUT2D eigenvalue weighted by Gasteiger charge is 2.10. The van der Waals surface area contributed by atoms with Crippen LogP contribution >= 0.6 is 11.6 Å². The highest BCUT2D eigenvalue weighted by Crippen LogP contribution is 2.26. The number of aryl methyl sites for hydroxylation is 1. The summed E-state index contributed by atoms with van der Waals surface area (Å²) in [6.07, 6.45) is 0. The van der Waals surface area contributed by atoms with Crippen molar-refractivity contribution >= 4 is 22.6 Å². The molecule has 96 valence electrons. The zero-order chi connectivity index (χ0) is 13.4. The van der Waals surface area contributed by atoms with Gasteiger partial charge in [0.15, 0.2) is 0 Å². The topological polar surface area (TPSA) is 43.8 Å².